The topological polar surface area (TPSA) is 98.2 Å². The van der Waals surface area contributed by atoms with Crippen LogP contribution in [0.5, 0.6) is 5.88 Å². The summed E-state index contributed by atoms with van der Waals surface area (Å²) in [6, 6.07) is 0.954. The first-order valence-corrected chi connectivity index (χ1v) is 4.32. The highest BCUT2D eigenvalue weighted by Gasteiger charge is 2.06. The zero-order chi connectivity index (χ0) is 9.84. The molecule has 0 aliphatic carbocycles. The van der Waals surface area contributed by atoms with Crippen LogP contribution in [0.15, 0.2) is 16.0 Å². The fraction of sp³-hybridized carbons (Fsp3) is 0.333. The van der Waals surface area contributed by atoms with Gasteiger partial charge in [-0.25, -0.2) is 0 Å². The van der Waals surface area contributed by atoms with Crippen LogP contribution >= 0.6 is 11.8 Å². The highest BCUT2D eigenvalue weighted by Crippen LogP contribution is 2.15. The predicted molar refractivity (Wildman–Crippen MR) is 47.4 cm³/mol. The number of H-pyrrole nitrogens is 1. The van der Waals surface area contributed by atoms with Gasteiger partial charge in [0, 0.05) is 0 Å². The average Bonchev–Trinajstić information content (AvgIpc) is 2.02. The van der Waals surface area contributed by atoms with Crippen LogP contribution in [0.25, 0.3) is 0 Å². The Kier molecular flexibility index (Phi) is 3.29. The second-order valence-electron chi connectivity index (χ2n) is 2.17. The number of hydrogen-bond donors (Lipinski definition) is 4. The summed E-state index contributed by atoms with van der Waals surface area (Å²) in [6.07, 6.45) is 0. The van der Waals surface area contributed by atoms with E-state index in [2.05, 4.69) is 15.3 Å². The molecule has 4 N–H and O–H groups in total. The van der Waals surface area contributed by atoms with Gasteiger partial charge in [-0.15, -0.1) is 0 Å². The molecule has 0 saturated heterocycles. The molecule has 72 valence electrons. The third-order valence-electron chi connectivity index (χ3n) is 1.18. The smallest absolute Gasteiger partial charge is 0.255 e. The Labute approximate surface area is 78.0 Å². The van der Waals surface area contributed by atoms with E-state index in [1.807, 2.05) is 0 Å². The number of aromatic hydroxyl groups is 1. The quantitative estimate of drug-likeness (QED) is 0.287. The Morgan fingerprint density at radius 3 is 3.00 bits per heavy atom. The van der Waals surface area contributed by atoms with Gasteiger partial charge in [0.05, 0.1) is 6.07 Å². The van der Waals surface area contributed by atoms with Crippen molar-refractivity contribution in [2.75, 3.05) is 7.05 Å². The number of aromatic amines is 1. The molecular formula is C6H9N3O3S. The van der Waals surface area contributed by atoms with Crippen molar-refractivity contribution in [1.29, 1.82) is 0 Å². The fourth-order valence-electron chi connectivity index (χ4n) is 0.643. The molecule has 0 saturated carbocycles. The second-order valence-corrected chi connectivity index (χ2v) is 3.24. The van der Waals surface area contributed by atoms with E-state index in [4.69, 9.17) is 10.2 Å². The highest BCUT2D eigenvalue weighted by molar-refractivity contribution is 7.99. The molecule has 0 aliphatic heterocycles. The maximum atomic E-state index is 10.8. The molecule has 0 spiro atoms. The van der Waals surface area contributed by atoms with E-state index in [9.17, 15) is 4.79 Å². The summed E-state index contributed by atoms with van der Waals surface area (Å²) < 4.78 is 0. The number of thioether (sulfide) groups is 1. The Bertz CT molecular complexity index is 340. The van der Waals surface area contributed by atoms with Crippen LogP contribution < -0.4 is 10.9 Å². The summed E-state index contributed by atoms with van der Waals surface area (Å²) in [5.74, 6) is -0.366. The van der Waals surface area contributed by atoms with Crippen molar-refractivity contribution in [3.8, 4) is 5.88 Å². The van der Waals surface area contributed by atoms with Gasteiger partial charge >= 0.3 is 0 Å². The first kappa shape index (κ1) is 10.0. The van der Waals surface area contributed by atoms with E-state index in [0.717, 1.165) is 17.8 Å². The molecule has 1 atom stereocenters. The van der Waals surface area contributed by atoms with Gasteiger partial charge in [0.2, 0.25) is 5.88 Å². The van der Waals surface area contributed by atoms with Gasteiger partial charge in [-0.1, -0.05) is 0 Å². The number of nitrogens with zero attached hydrogens (tertiary/aromatic N) is 1. The van der Waals surface area contributed by atoms with Gasteiger partial charge in [0.15, 0.2) is 10.7 Å². The van der Waals surface area contributed by atoms with Crippen LogP contribution in [0.4, 0.5) is 0 Å². The van der Waals surface area contributed by atoms with Crippen molar-refractivity contribution >= 4 is 11.8 Å². The Hall–Kier alpha value is -1.05. The van der Waals surface area contributed by atoms with Gasteiger partial charge in [0.25, 0.3) is 5.56 Å². The zero-order valence-corrected chi connectivity index (χ0v) is 7.63. The molecule has 0 aromatic carbocycles. The lowest BCUT2D eigenvalue weighted by Crippen LogP contribution is -2.21. The van der Waals surface area contributed by atoms with E-state index in [-0.39, 0.29) is 11.0 Å². The Balaban J connectivity index is 2.83. The molecule has 1 unspecified atom stereocenters. The second kappa shape index (κ2) is 4.26. The first-order chi connectivity index (χ1) is 6.11. The monoisotopic (exact) mass is 203 g/mol. The van der Waals surface area contributed by atoms with Gasteiger partial charge in [0.1, 0.15) is 0 Å². The van der Waals surface area contributed by atoms with E-state index in [0.29, 0.717) is 0 Å². The highest BCUT2D eigenvalue weighted by atomic mass is 32.2. The number of aliphatic hydroxyl groups is 1. The molecule has 0 fully saturated rings. The minimum Gasteiger partial charge on any atom is -0.493 e. The van der Waals surface area contributed by atoms with Crippen molar-refractivity contribution in [3.63, 3.8) is 0 Å². The normalized spacial score (nSPS) is 12.8. The van der Waals surface area contributed by atoms with Crippen LogP contribution in [0.1, 0.15) is 0 Å². The molecule has 7 heteroatoms. The van der Waals surface area contributed by atoms with Crippen LogP contribution in [-0.4, -0.2) is 32.8 Å². The number of hydrogen-bond acceptors (Lipinski definition) is 6. The van der Waals surface area contributed by atoms with Crippen LogP contribution in [0.2, 0.25) is 0 Å². The molecule has 0 radical (unpaired) electrons. The van der Waals surface area contributed by atoms with E-state index >= 15 is 0 Å². The SMILES string of the molecule is CNC(O)Sc1nc(O)cc(=O)[nH]1. The fourth-order valence-corrected chi connectivity index (χ4v) is 1.28. The minimum absolute atomic E-state index is 0.159. The summed E-state index contributed by atoms with van der Waals surface area (Å²) in [5, 5.41) is 20.7. The summed E-state index contributed by atoms with van der Waals surface area (Å²) in [4.78, 5) is 16.7. The summed E-state index contributed by atoms with van der Waals surface area (Å²) in [7, 11) is 1.55. The predicted octanol–water partition coefficient (Wildman–Crippen LogP) is -0.937. The largest absolute Gasteiger partial charge is 0.493 e. The number of aromatic nitrogens is 2. The molecule has 1 aromatic rings. The van der Waals surface area contributed by atoms with Crippen molar-refractivity contribution in [2.24, 2.45) is 0 Å². The molecule has 0 aliphatic rings. The standard InChI is InChI=1S/C6H9N3O3S/c1-7-6(12)13-5-8-3(10)2-4(11)9-5/h2,6-7,12H,1H3,(H2,8,9,10,11). The van der Waals surface area contributed by atoms with Gasteiger partial charge in [-0.3, -0.25) is 10.1 Å². The number of rotatable bonds is 3. The van der Waals surface area contributed by atoms with Crippen molar-refractivity contribution in [3.05, 3.63) is 16.4 Å². The number of aliphatic hydroxyl groups excluding tert-OH is 1. The lowest BCUT2D eigenvalue weighted by Gasteiger charge is -2.06. The number of nitrogens with one attached hydrogen (secondary N) is 2. The molecule has 13 heavy (non-hydrogen) atoms. The average molecular weight is 203 g/mol. The molecule has 0 bridgehead atoms. The van der Waals surface area contributed by atoms with Gasteiger partial charge in [-0.05, 0) is 18.8 Å². The lowest BCUT2D eigenvalue weighted by atomic mass is 10.6. The molecule has 1 rings (SSSR count). The van der Waals surface area contributed by atoms with Crippen molar-refractivity contribution < 1.29 is 10.2 Å². The molecule has 1 heterocycles. The lowest BCUT2D eigenvalue weighted by molar-refractivity contribution is 0.236. The molecular weight excluding hydrogens is 194 g/mol. The molecule has 6 nitrogen and oxygen atoms in total. The van der Waals surface area contributed by atoms with E-state index < -0.39 is 11.1 Å². The van der Waals surface area contributed by atoms with Crippen LogP contribution in [0.3, 0.4) is 0 Å². The summed E-state index contributed by atoms with van der Waals surface area (Å²) >= 11 is 0.890. The van der Waals surface area contributed by atoms with Crippen LogP contribution in [0, 0.1) is 0 Å². The summed E-state index contributed by atoms with van der Waals surface area (Å²) in [5.41, 5.74) is -1.33. The first-order valence-electron chi connectivity index (χ1n) is 3.44. The van der Waals surface area contributed by atoms with E-state index in [1.54, 1.807) is 7.05 Å². The Morgan fingerprint density at radius 2 is 2.46 bits per heavy atom. The van der Waals surface area contributed by atoms with Gasteiger partial charge < -0.3 is 15.2 Å². The molecule has 0 amide bonds. The third-order valence-corrected chi connectivity index (χ3v) is 2.05. The maximum Gasteiger partial charge on any atom is 0.255 e. The maximum absolute atomic E-state index is 10.8. The Morgan fingerprint density at radius 1 is 1.77 bits per heavy atom. The van der Waals surface area contributed by atoms with E-state index in [1.165, 1.54) is 0 Å². The minimum atomic E-state index is -0.870. The zero-order valence-electron chi connectivity index (χ0n) is 6.81. The van der Waals surface area contributed by atoms with Gasteiger partial charge in [-0.2, -0.15) is 4.98 Å². The van der Waals surface area contributed by atoms with Crippen molar-refractivity contribution in [1.82, 2.24) is 15.3 Å². The van der Waals surface area contributed by atoms with Crippen LogP contribution in [-0.2, 0) is 0 Å². The summed E-state index contributed by atoms with van der Waals surface area (Å²) in [6.45, 7) is 0. The van der Waals surface area contributed by atoms with Crippen molar-refractivity contribution in [2.45, 2.75) is 10.7 Å². The molecule has 1 aromatic heterocycles. The third kappa shape index (κ3) is 3.05.